The molecule has 11 heteroatoms. The topological polar surface area (TPSA) is 54.5 Å². The molecule has 0 aliphatic carbocycles. The zero-order valence-corrected chi connectivity index (χ0v) is 12.2. The number of rotatable bonds is 2. The van der Waals surface area contributed by atoms with Gasteiger partial charge in [0.05, 0.1) is 17.3 Å². The van der Waals surface area contributed by atoms with Gasteiger partial charge in [0, 0.05) is 4.90 Å². The van der Waals surface area contributed by atoms with Gasteiger partial charge in [0.2, 0.25) is 0 Å². The number of aromatic amines is 1. The molecule has 1 aromatic carbocycles. The Labute approximate surface area is 134 Å². The maximum atomic E-state index is 12.8. The molecule has 0 saturated carbocycles. The summed E-state index contributed by atoms with van der Waals surface area (Å²) in [5, 5.41) is 0.109. The first-order valence-corrected chi connectivity index (χ1v) is 7.07. The number of halogens is 6. The predicted octanol–water partition coefficient (Wildman–Crippen LogP) is 4.54. The smallest absolute Gasteiger partial charge is 0.330 e. The highest BCUT2D eigenvalue weighted by Crippen LogP contribution is 2.39. The van der Waals surface area contributed by atoms with Gasteiger partial charge in [0.1, 0.15) is 11.8 Å². The van der Waals surface area contributed by atoms with E-state index >= 15 is 0 Å². The summed E-state index contributed by atoms with van der Waals surface area (Å²) in [7, 11) is 0. The summed E-state index contributed by atoms with van der Waals surface area (Å²) in [4.78, 5) is 14.0. The van der Waals surface area contributed by atoms with Crippen molar-refractivity contribution in [2.45, 2.75) is 22.4 Å². The third kappa shape index (κ3) is 3.45. The second-order valence-corrected chi connectivity index (χ2v) is 5.71. The number of alkyl halides is 6. The Balaban J connectivity index is 2.03. The van der Waals surface area contributed by atoms with E-state index in [0.29, 0.717) is 29.4 Å². The highest BCUT2D eigenvalue weighted by Gasteiger charge is 2.37. The van der Waals surface area contributed by atoms with Gasteiger partial charge < -0.3 is 4.98 Å². The minimum atomic E-state index is -4.89. The average molecular weight is 364 g/mol. The highest BCUT2D eigenvalue weighted by atomic mass is 32.2. The zero-order valence-electron chi connectivity index (χ0n) is 11.4. The number of hydrogen-bond donors (Lipinski definition) is 1. The van der Waals surface area contributed by atoms with E-state index in [-0.39, 0.29) is 21.8 Å². The summed E-state index contributed by atoms with van der Waals surface area (Å²) in [6, 6.07) is 1.35. The van der Waals surface area contributed by atoms with E-state index in [2.05, 4.69) is 19.9 Å². The van der Waals surface area contributed by atoms with Gasteiger partial charge in [-0.05, 0) is 18.2 Å². The molecule has 2 aromatic heterocycles. The molecule has 0 spiro atoms. The van der Waals surface area contributed by atoms with E-state index in [1.807, 2.05) is 0 Å². The summed E-state index contributed by atoms with van der Waals surface area (Å²) in [5.74, 6) is 0. The third-order valence-corrected chi connectivity index (χ3v) is 3.77. The zero-order chi connectivity index (χ0) is 17.5. The molecule has 0 aliphatic rings. The van der Waals surface area contributed by atoms with Crippen molar-refractivity contribution in [3.63, 3.8) is 0 Å². The van der Waals surface area contributed by atoms with Crippen molar-refractivity contribution < 1.29 is 26.3 Å². The van der Waals surface area contributed by atoms with Gasteiger partial charge in [-0.15, -0.1) is 0 Å². The second-order valence-electron chi connectivity index (χ2n) is 4.65. The van der Waals surface area contributed by atoms with Crippen LogP contribution in [0.4, 0.5) is 26.3 Å². The maximum absolute atomic E-state index is 12.8. The van der Waals surface area contributed by atoms with Gasteiger partial charge in [0.15, 0.2) is 10.8 Å². The lowest BCUT2D eigenvalue weighted by molar-refractivity contribution is -0.143. The molecule has 24 heavy (non-hydrogen) atoms. The van der Waals surface area contributed by atoms with Crippen LogP contribution in [0.2, 0.25) is 0 Å². The van der Waals surface area contributed by atoms with Crippen LogP contribution < -0.4 is 0 Å². The number of nitrogens with one attached hydrogen (secondary N) is 1. The fourth-order valence-electron chi connectivity index (χ4n) is 1.89. The molecule has 0 aliphatic heterocycles. The van der Waals surface area contributed by atoms with Crippen molar-refractivity contribution in [2.75, 3.05) is 0 Å². The first-order chi connectivity index (χ1) is 11.1. The predicted molar refractivity (Wildman–Crippen MR) is 72.3 cm³/mol. The lowest BCUT2D eigenvalue weighted by Crippen LogP contribution is -2.10. The van der Waals surface area contributed by atoms with E-state index < -0.39 is 23.5 Å². The molecule has 1 N–H and O–H groups in total. The number of imidazole rings is 1. The number of benzene rings is 1. The van der Waals surface area contributed by atoms with Crippen molar-refractivity contribution in [1.29, 1.82) is 0 Å². The van der Waals surface area contributed by atoms with Gasteiger partial charge in [-0.25, -0.2) is 15.0 Å². The highest BCUT2D eigenvalue weighted by molar-refractivity contribution is 7.99. The van der Waals surface area contributed by atoms with Crippen LogP contribution in [0.15, 0.2) is 40.8 Å². The minimum absolute atomic E-state index is 0.0776. The number of H-pyrrole nitrogens is 1. The SMILES string of the molecule is FC(F)(F)c1cc(Sc2nc3ncncc3[nH]2)cc(C(F)(F)F)c1. The molecule has 0 radical (unpaired) electrons. The normalized spacial score (nSPS) is 12.8. The second kappa shape index (κ2) is 5.65. The molecule has 3 aromatic rings. The minimum Gasteiger partial charge on any atom is -0.330 e. The summed E-state index contributed by atoms with van der Waals surface area (Å²) in [6.07, 6.45) is -7.16. The molecule has 2 heterocycles. The van der Waals surface area contributed by atoms with Gasteiger partial charge in [0.25, 0.3) is 0 Å². The van der Waals surface area contributed by atoms with Gasteiger partial charge >= 0.3 is 12.4 Å². The van der Waals surface area contributed by atoms with Crippen LogP contribution in [-0.2, 0) is 12.4 Å². The Morgan fingerprint density at radius 1 is 0.917 bits per heavy atom. The molecule has 0 bridgehead atoms. The Bertz CT molecular complexity index is 821. The van der Waals surface area contributed by atoms with Crippen molar-refractivity contribution in [3.05, 3.63) is 41.9 Å². The number of nitrogens with zero attached hydrogens (tertiary/aromatic N) is 3. The molecule has 0 saturated heterocycles. The van der Waals surface area contributed by atoms with Crippen LogP contribution in [-0.4, -0.2) is 19.9 Å². The Kier molecular flexibility index (Phi) is 3.90. The summed E-state index contributed by atoms with van der Waals surface area (Å²) < 4.78 is 76.9. The monoisotopic (exact) mass is 364 g/mol. The summed E-state index contributed by atoms with van der Waals surface area (Å²) in [5.41, 5.74) is -2.08. The van der Waals surface area contributed by atoms with E-state index in [4.69, 9.17) is 0 Å². The third-order valence-electron chi connectivity index (χ3n) is 2.92. The van der Waals surface area contributed by atoms with E-state index in [1.165, 1.54) is 12.5 Å². The maximum Gasteiger partial charge on any atom is 0.416 e. The Hall–Kier alpha value is -2.30. The first-order valence-electron chi connectivity index (χ1n) is 6.26. The van der Waals surface area contributed by atoms with Crippen molar-refractivity contribution in [3.8, 4) is 0 Å². The molecular formula is C13H6F6N4S. The van der Waals surface area contributed by atoms with E-state index in [0.717, 1.165) is 0 Å². The van der Waals surface area contributed by atoms with Crippen molar-refractivity contribution >= 4 is 22.9 Å². The molecule has 0 unspecified atom stereocenters. The average Bonchev–Trinajstić information content (AvgIpc) is 2.87. The largest absolute Gasteiger partial charge is 0.416 e. The standard InChI is InChI=1S/C13H6F6N4S/c14-12(15,16)6-1-7(13(17,18)19)3-8(2-6)24-11-22-9-4-20-5-21-10(9)23-11/h1-5H,(H,20,21,22,23). The molecule has 0 fully saturated rings. The molecular weight excluding hydrogens is 358 g/mol. The lowest BCUT2D eigenvalue weighted by Gasteiger charge is -2.13. The van der Waals surface area contributed by atoms with Crippen LogP contribution in [0.3, 0.4) is 0 Å². The number of aromatic nitrogens is 4. The molecule has 0 atom stereocenters. The van der Waals surface area contributed by atoms with E-state index in [9.17, 15) is 26.3 Å². The summed E-state index contributed by atoms with van der Waals surface area (Å²) >= 11 is 0.639. The van der Waals surface area contributed by atoms with Gasteiger partial charge in [-0.2, -0.15) is 26.3 Å². The van der Waals surface area contributed by atoms with Crippen molar-refractivity contribution in [1.82, 2.24) is 19.9 Å². The van der Waals surface area contributed by atoms with Crippen LogP contribution >= 0.6 is 11.8 Å². The van der Waals surface area contributed by atoms with Crippen LogP contribution in [0.5, 0.6) is 0 Å². The molecule has 126 valence electrons. The van der Waals surface area contributed by atoms with Crippen LogP contribution in [0, 0.1) is 0 Å². The number of hydrogen-bond acceptors (Lipinski definition) is 4. The van der Waals surface area contributed by atoms with Crippen molar-refractivity contribution in [2.24, 2.45) is 0 Å². The van der Waals surface area contributed by atoms with Crippen LogP contribution in [0.25, 0.3) is 11.2 Å². The van der Waals surface area contributed by atoms with Gasteiger partial charge in [-0.3, -0.25) is 0 Å². The molecule has 0 amide bonds. The fraction of sp³-hybridized carbons (Fsp3) is 0.154. The Morgan fingerprint density at radius 3 is 2.08 bits per heavy atom. The van der Waals surface area contributed by atoms with Gasteiger partial charge in [-0.1, -0.05) is 11.8 Å². The first kappa shape index (κ1) is 16.6. The quantitative estimate of drug-likeness (QED) is 0.679. The van der Waals surface area contributed by atoms with Crippen LogP contribution in [0.1, 0.15) is 11.1 Å². The molecule has 4 nitrogen and oxygen atoms in total. The lowest BCUT2D eigenvalue weighted by atomic mass is 10.1. The summed E-state index contributed by atoms with van der Waals surface area (Å²) in [6.45, 7) is 0. The fourth-order valence-corrected chi connectivity index (χ4v) is 2.77. The van der Waals surface area contributed by atoms with E-state index in [1.54, 1.807) is 0 Å². The Morgan fingerprint density at radius 2 is 1.54 bits per heavy atom. The molecule has 3 rings (SSSR count). The number of fused-ring (bicyclic) bond motifs is 1.